The zero-order valence-corrected chi connectivity index (χ0v) is 12.3. The van der Waals surface area contributed by atoms with E-state index in [2.05, 4.69) is 5.32 Å². The molecule has 1 fully saturated rings. The lowest BCUT2D eigenvalue weighted by atomic mass is 10.1. The molecule has 1 aliphatic carbocycles. The van der Waals surface area contributed by atoms with Gasteiger partial charge in [-0.25, -0.2) is 0 Å². The molecule has 114 valence electrons. The van der Waals surface area contributed by atoms with Gasteiger partial charge in [0.1, 0.15) is 5.75 Å². The molecule has 3 rings (SSSR count). The van der Waals surface area contributed by atoms with Crippen molar-refractivity contribution in [1.82, 2.24) is 5.32 Å². The van der Waals surface area contributed by atoms with Crippen LogP contribution in [0.15, 0.2) is 12.1 Å². The first-order chi connectivity index (χ1) is 10.3. The highest BCUT2D eigenvalue weighted by Gasteiger charge is 2.23. The van der Waals surface area contributed by atoms with E-state index in [1.54, 1.807) is 19.2 Å². The van der Waals surface area contributed by atoms with E-state index in [9.17, 15) is 4.79 Å². The van der Waals surface area contributed by atoms with Crippen molar-refractivity contribution >= 4 is 5.91 Å². The molecular formula is C16H21NO4. The molecule has 1 heterocycles. The van der Waals surface area contributed by atoms with Crippen molar-refractivity contribution in [2.75, 3.05) is 20.3 Å². The van der Waals surface area contributed by atoms with Crippen LogP contribution in [-0.2, 0) is 0 Å². The van der Waals surface area contributed by atoms with Crippen molar-refractivity contribution in [2.45, 2.75) is 38.1 Å². The molecule has 0 unspecified atom stereocenters. The molecule has 0 bridgehead atoms. The van der Waals surface area contributed by atoms with Crippen LogP contribution >= 0.6 is 0 Å². The Morgan fingerprint density at radius 2 is 1.81 bits per heavy atom. The smallest absolute Gasteiger partial charge is 0.255 e. The standard InChI is InChI=1S/C16H21NO4/c1-19-13-10-15-14(20-7-4-8-21-15)9-12(13)16(18)17-11-5-2-3-6-11/h9-11H,2-8H2,1H3,(H,17,18). The highest BCUT2D eigenvalue weighted by atomic mass is 16.5. The Bertz CT molecular complexity index is 523. The Kier molecular flexibility index (Phi) is 4.18. The third kappa shape index (κ3) is 3.06. The summed E-state index contributed by atoms with van der Waals surface area (Å²) in [6, 6.07) is 3.74. The van der Waals surface area contributed by atoms with Gasteiger partial charge in [0, 0.05) is 24.6 Å². The number of hydrogen-bond donors (Lipinski definition) is 1. The van der Waals surface area contributed by atoms with Crippen LogP contribution in [0.5, 0.6) is 17.2 Å². The molecule has 1 amide bonds. The zero-order chi connectivity index (χ0) is 14.7. The highest BCUT2D eigenvalue weighted by molar-refractivity contribution is 5.98. The number of carbonyl (C=O) groups excluding carboxylic acids is 1. The minimum atomic E-state index is -0.102. The number of fused-ring (bicyclic) bond motifs is 1. The van der Waals surface area contributed by atoms with Gasteiger partial charge in [0.2, 0.25) is 0 Å². The summed E-state index contributed by atoms with van der Waals surface area (Å²) in [7, 11) is 1.56. The van der Waals surface area contributed by atoms with Gasteiger partial charge in [0.05, 0.1) is 25.9 Å². The first-order valence-electron chi connectivity index (χ1n) is 7.56. The fourth-order valence-corrected chi connectivity index (χ4v) is 2.87. The van der Waals surface area contributed by atoms with Gasteiger partial charge < -0.3 is 19.5 Å². The first-order valence-corrected chi connectivity index (χ1v) is 7.56. The molecule has 1 aromatic rings. The number of nitrogens with one attached hydrogen (secondary N) is 1. The molecule has 1 saturated carbocycles. The van der Waals surface area contributed by atoms with Crippen LogP contribution in [0.1, 0.15) is 42.5 Å². The predicted molar refractivity (Wildman–Crippen MR) is 78.3 cm³/mol. The normalized spacial score (nSPS) is 18.1. The molecule has 1 aromatic carbocycles. The number of carbonyl (C=O) groups is 1. The quantitative estimate of drug-likeness (QED) is 0.929. The lowest BCUT2D eigenvalue weighted by Crippen LogP contribution is -2.32. The molecule has 1 aliphatic heterocycles. The Hall–Kier alpha value is -1.91. The summed E-state index contributed by atoms with van der Waals surface area (Å²) in [6.45, 7) is 1.22. The topological polar surface area (TPSA) is 56.8 Å². The average molecular weight is 291 g/mol. The van der Waals surface area contributed by atoms with Gasteiger partial charge in [-0.15, -0.1) is 0 Å². The summed E-state index contributed by atoms with van der Waals surface area (Å²) in [6.07, 6.45) is 5.31. The van der Waals surface area contributed by atoms with Crippen LogP contribution in [0.4, 0.5) is 0 Å². The maximum Gasteiger partial charge on any atom is 0.255 e. The van der Waals surface area contributed by atoms with Crippen molar-refractivity contribution in [3.05, 3.63) is 17.7 Å². The third-order valence-corrected chi connectivity index (χ3v) is 4.00. The Balaban J connectivity index is 1.85. The van der Waals surface area contributed by atoms with E-state index in [4.69, 9.17) is 14.2 Å². The van der Waals surface area contributed by atoms with E-state index in [-0.39, 0.29) is 11.9 Å². The first kappa shape index (κ1) is 14.0. The predicted octanol–water partition coefficient (Wildman–Crippen LogP) is 2.53. The van der Waals surface area contributed by atoms with Gasteiger partial charge in [-0.2, -0.15) is 0 Å². The molecule has 0 saturated heterocycles. The monoisotopic (exact) mass is 291 g/mol. The number of hydrogen-bond acceptors (Lipinski definition) is 4. The molecular weight excluding hydrogens is 270 g/mol. The lowest BCUT2D eigenvalue weighted by Gasteiger charge is -2.16. The Morgan fingerprint density at radius 1 is 1.14 bits per heavy atom. The molecule has 0 spiro atoms. The summed E-state index contributed by atoms with van der Waals surface area (Å²) in [4.78, 5) is 12.5. The highest BCUT2D eigenvalue weighted by Crippen LogP contribution is 2.36. The van der Waals surface area contributed by atoms with Crippen molar-refractivity contribution < 1.29 is 19.0 Å². The summed E-state index contributed by atoms with van der Waals surface area (Å²) >= 11 is 0. The van der Waals surface area contributed by atoms with Crippen molar-refractivity contribution in [1.29, 1.82) is 0 Å². The van der Waals surface area contributed by atoms with Gasteiger partial charge in [-0.05, 0) is 12.8 Å². The maximum atomic E-state index is 12.5. The van der Waals surface area contributed by atoms with Crippen LogP contribution in [0, 0.1) is 0 Å². The van der Waals surface area contributed by atoms with Gasteiger partial charge in [0.15, 0.2) is 11.5 Å². The van der Waals surface area contributed by atoms with E-state index in [0.717, 1.165) is 19.3 Å². The molecule has 1 N–H and O–H groups in total. The number of amides is 1. The number of methoxy groups -OCH3 is 1. The second-order valence-corrected chi connectivity index (χ2v) is 5.50. The van der Waals surface area contributed by atoms with E-state index in [1.165, 1.54) is 12.8 Å². The van der Waals surface area contributed by atoms with Crippen LogP contribution < -0.4 is 19.5 Å². The molecule has 5 heteroatoms. The fraction of sp³-hybridized carbons (Fsp3) is 0.562. The summed E-state index contributed by atoms with van der Waals surface area (Å²) in [5, 5.41) is 3.08. The summed E-state index contributed by atoms with van der Waals surface area (Å²) in [5.41, 5.74) is 0.508. The van der Waals surface area contributed by atoms with Gasteiger partial charge in [-0.3, -0.25) is 4.79 Å². The van der Waals surface area contributed by atoms with E-state index in [0.29, 0.717) is 36.0 Å². The number of ether oxygens (including phenoxy) is 3. The van der Waals surface area contributed by atoms with Crippen LogP contribution in [0.25, 0.3) is 0 Å². The van der Waals surface area contributed by atoms with E-state index >= 15 is 0 Å². The SMILES string of the molecule is COc1cc2c(cc1C(=O)NC1CCCC1)OCCCO2. The van der Waals surface area contributed by atoms with E-state index < -0.39 is 0 Å². The van der Waals surface area contributed by atoms with Gasteiger partial charge in [-0.1, -0.05) is 12.8 Å². The van der Waals surface area contributed by atoms with Gasteiger partial charge >= 0.3 is 0 Å². The average Bonchev–Trinajstić information content (AvgIpc) is 2.89. The number of rotatable bonds is 3. The van der Waals surface area contributed by atoms with Crippen molar-refractivity contribution in [3.8, 4) is 17.2 Å². The van der Waals surface area contributed by atoms with Crippen molar-refractivity contribution in [2.24, 2.45) is 0 Å². The van der Waals surface area contributed by atoms with Crippen LogP contribution in [0.3, 0.4) is 0 Å². The minimum absolute atomic E-state index is 0.102. The Labute approximate surface area is 124 Å². The van der Waals surface area contributed by atoms with Crippen LogP contribution in [-0.4, -0.2) is 32.3 Å². The third-order valence-electron chi connectivity index (χ3n) is 4.00. The second-order valence-electron chi connectivity index (χ2n) is 5.50. The number of benzene rings is 1. The molecule has 0 aromatic heterocycles. The molecule has 5 nitrogen and oxygen atoms in total. The van der Waals surface area contributed by atoms with E-state index in [1.807, 2.05) is 0 Å². The van der Waals surface area contributed by atoms with Crippen LogP contribution in [0.2, 0.25) is 0 Å². The summed E-state index contributed by atoms with van der Waals surface area (Å²) < 4.78 is 16.6. The molecule has 0 atom stereocenters. The fourth-order valence-electron chi connectivity index (χ4n) is 2.87. The minimum Gasteiger partial charge on any atom is -0.496 e. The molecule has 21 heavy (non-hydrogen) atoms. The largest absolute Gasteiger partial charge is 0.496 e. The molecule has 2 aliphatic rings. The Morgan fingerprint density at radius 3 is 2.48 bits per heavy atom. The summed E-state index contributed by atoms with van der Waals surface area (Å²) in [5.74, 6) is 1.68. The van der Waals surface area contributed by atoms with Crippen molar-refractivity contribution in [3.63, 3.8) is 0 Å². The maximum absolute atomic E-state index is 12.5. The van der Waals surface area contributed by atoms with Gasteiger partial charge in [0.25, 0.3) is 5.91 Å². The second kappa shape index (κ2) is 6.24. The molecule has 0 radical (unpaired) electrons. The lowest BCUT2D eigenvalue weighted by molar-refractivity contribution is 0.0934. The zero-order valence-electron chi connectivity index (χ0n) is 12.3.